The van der Waals surface area contributed by atoms with Gasteiger partial charge in [-0.05, 0) is 49.8 Å². The third-order valence-electron chi connectivity index (χ3n) is 4.41. The van der Waals surface area contributed by atoms with Crippen LogP contribution < -0.4 is 5.32 Å². The van der Waals surface area contributed by atoms with Gasteiger partial charge in [-0.1, -0.05) is 24.6 Å². The summed E-state index contributed by atoms with van der Waals surface area (Å²) in [6.07, 6.45) is 2.86. The van der Waals surface area contributed by atoms with Crippen LogP contribution in [0.2, 0.25) is 0 Å². The number of thiophene rings is 1. The molecular weight excluding hydrogens is 322 g/mol. The van der Waals surface area contributed by atoms with E-state index in [9.17, 15) is 9.59 Å². The summed E-state index contributed by atoms with van der Waals surface area (Å²) in [6.45, 7) is 4.16. The Kier molecular flexibility index (Phi) is 4.71. The molecule has 4 nitrogen and oxygen atoms in total. The van der Waals surface area contributed by atoms with Gasteiger partial charge in [0.1, 0.15) is 5.00 Å². The van der Waals surface area contributed by atoms with Gasteiger partial charge in [-0.25, -0.2) is 4.79 Å². The van der Waals surface area contributed by atoms with E-state index in [1.54, 1.807) is 6.07 Å². The SMILES string of the molecule is COC(=O)c1c(NC(=O)c2cccc(C)c2)sc2c1CCC(C)C2. The summed E-state index contributed by atoms with van der Waals surface area (Å²) in [5.74, 6) is 0.0269. The van der Waals surface area contributed by atoms with Gasteiger partial charge in [0.25, 0.3) is 5.91 Å². The van der Waals surface area contributed by atoms with Crippen LogP contribution in [0.3, 0.4) is 0 Å². The predicted octanol–water partition coefficient (Wildman–Crippen LogP) is 4.22. The zero-order valence-corrected chi connectivity index (χ0v) is 15.0. The van der Waals surface area contributed by atoms with Gasteiger partial charge in [0.15, 0.2) is 0 Å². The van der Waals surface area contributed by atoms with Crippen molar-refractivity contribution in [3.05, 3.63) is 51.4 Å². The molecule has 1 aliphatic carbocycles. The van der Waals surface area contributed by atoms with Crippen LogP contribution in [0.1, 0.15) is 50.1 Å². The van der Waals surface area contributed by atoms with E-state index >= 15 is 0 Å². The number of anilines is 1. The molecule has 0 saturated carbocycles. The van der Waals surface area contributed by atoms with Gasteiger partial charge in [0.05, 0.1) is 12.7 Å². The van der Waals surface area contributed by atoms with E-state index in [2.05, 4.69) is 12.2 Å². The second kappa shape index (κ2) is 6.77. The fourth-order valence-corrected chi connectivity index (χ4v) is 4.51. The molecule has 3 rings (SSSR count). The van der Waals surface area contributed by atoms with Crippen molar-refractivity contribution in [1.82, 2.24) is 0 Å². The van der Waals surface area contributed by atoms with Crippen LogP contribution in [0.15, 0.2) is 24.3 Å². The van der Waals surface area contributed by atoms with Crippen molar-refractivity contribution in [3.63, 3.8) is 0 Å². The lowest BCUT2D eigenvalue weighted by atomic mass is 9.88. The molecule has 1 unspecified atom stereocenters. The highest BCUT2D eigenvalue weighted by Crippen LogP contribution is 2.40. The topological polar surface area (TPSA) is 55.4 Å². The molecule has 1 N–H and O–H groups in total. The first kappa shape index (κ1) is 16.7. The van der Waals surface area contributed by atoms with E-state index in [0.29, 0.717) is 22.0 Å². The number of rotatable bonds is 3. The number of ether oxygens (including phenoxy) is 1. The number of carbonyl (C=O) groups is 2. The fourth-order valence-electron chi connectivity index (χ4n) is 3.12. The quantitative estimate of drug-likeness (QED) is 0.849. The minimum atomic E-state index is -0.374. The molecule has 1 aliphatic rings. The summed E-state index contributed by atoms with van der Waals surface area (Å²) < 4.78 is 4.95. The molecule has 2 aromatic rings. The molecule has 1 atom stereocenters. The number of amides is 1. The van der Waals surface area contributed by atoms with E-state index in [4.69, 9.17) is 4.74 Å². The Bertz CT molecular complexity index is 794. The van der Waals surface area contributed by atoms with Gasteiger partial charge < -0.3 is 10.1 Å². The van der Waals surface area contributed by atoms with Crippen LogP contribution in [0, 0.1) is 12.8 Å². The van der Waals surface area contributed by atoms with Crippen molar-refractivity contribution in [2.24, 2.45) is 5.92 Å². The number of hydrogen-bond donors (Lipinski definition) is 1. The minimum absolute atomic E-state index is 0.199. The molecular formula is C19H21NO3S. The highest BCUT2D eigenvalue weighted by atomic mass is 32.1. The van der Waals surface area contributed by atoms with Crippen LogP contribution in [0.25, 0.3) is 0 Å². The lowest BCUT2D eigenvalue weighted by molar-refractivity contribution is 0.0601. The maximum Gasteiger partial charge on any atom is 0.341 e. The largest absolute Gasteiger partial charge is 0.465 e. The van der Waals surface area contributed by atoms with Crippen LogP contribution in [0.4, 0.5) is 5.00 Å². The van der Waals surface area contributed by atoms with Gasteiger partial charge in [0, 0.05) is 10.4 Å². The number of methoxy groups -OCH3 is 1. The minimum Gasteiger partial charge on any atom is -0.465 e. The van der Waals surface area contributed by atoms with Gasteiger partial charge in [0.2, 0.25) is 0 Å². The number of benzene rings is 1. The van der Waals surface area contributed by atoms with Gasteiger partial charge in [-0.2, -0.15) is 0 Å². The second-order valence-electron chi connectivity index (χ2n) is 6.37. The molecule has 1 aromatic heterocycles. The van der Waals surface area contributed by atoms with Crippen LogP contribution in [-0.2, 0) is 17.6 Å². The van der Waals surface area contributed by atoms with Gasteiger partial charge in [-0.3, -0.25) is 4.79 Å². The average molecular weight is 343 g/mol. The van der Waals surface area contributed by atoms with Crippen LogP contribution >= 0.6 is 11.3 Å². The first-order valence-corrected chi connectivity index (χ1v) is 8.92. The Morgan fingerprint density at radius 1 is 1.33 bits per heavy atom. The zero-order chi connectivity index (χ0) is 17.3. The molecule has 1 heterocycles. The lowest BCUT2D eigenvalue weighted by Gasteiger charge is -2.18. The lowest BCUT2D eigenvalue weighted by Crippen LogP contribution is -2.16. The molecule has 1 aromatic carbocycles. The Morgan fingerprint density at radius 3 is 2.83 bits per heavy atom. The summed E-state index contributed by atoms with van der Waals surface area (Å²) in [5, 5.41) is 3.52. The van der Waals surface area contributed by atoms with E-state index in [0.717, 1.165) is 30.4 Å². The van der Waals surface area contributed by atoms with Crippen molar-refractivity contribution >= 4 is 28.2 Å². The summed E-state index contributed by atoms with van der Waals surface area (Å²) in [6, 6.07) is 7.41. The van der Waals surface area contributed by atoms with Crippen molar-refractivity contribution in [2.75, 3.05) is 12.4 Å². The van der Waals surface area contributed by atoms with Crippen LogP contribution in [-0.4, -0.2) is 19.0 Å². The molecule has 5 heteroatoms. The maximum absolute atomic E-state index is 12.6. The highest BCUT2D eigenvalue weighted by molar-refractivity contribution is 7.17. The molecule has 0 radical (unpaired) electrons. The Morgan fingerprint density at radius 2 is 2.12 bits per heavy atom. The summed E-state index contributed by atoms with van der Waals surface area (Å²) in [7, 11) is 1.38. The third kappa shape index (κ3) is 3.22. The van der Waals surface area contributed by atoms with Crippen molar-refractivity contribution in [3.8, 4) is 0 Å². The summed E-state index contributed by atoms with van der Waals surface area (Å²) >= 11 is 1.50. The smallest absolute Gasteiger partial charge is 0.341 e. The molecule has 0 spiro atoms. The Balaban J connectivity index is 1.95. The second-order valence-corrected chi connectivity index (χ2v) is 7.48. The third-order valence-corrected chi connectivity index (χ3v) is 5.58. The normalized spacial score (nSPS) is 16.4. The number of aryl methyl sites for hydroxylation is 1. The average Bonchev–Trinajstić information content (AvgIpc) is 2.90. The number of carbonyl (C=O) groups excluding carboxylic acids is 2. The molecule has 0 aliphatic heterocycles. The van der Waals surface area contributed by atoms with Gasteiger partial charge in [-0.15, -0.1) is 11.3 Å². The maximum atomic E-state index is 12.6. The van der Waals surface area contributed by atoms with E-state index in [1.165, 1.54) is 23.3 Å². The van der Waals surface area contributed by atoms with Crippen LogP contribution in [0.5, 0.6) is 0 Å². The number of nitrogens with one attached hydrogen (secondary N) is 1. The fraction of sp³-hybridized carbons (Fsp3) is 0.368. The molecule has 126 valence electrons. The van der Waals surface area contributed by atoms with E-state index in [-0.39, 0.29) is 11.9 Å². The molecule has 0 saturated heterocycles. The van der Waals surface area contributed by atoms with Crippen molar-refractivity contribution < 1.29 is 14.3 Å². The van der Waals surface area contributed by atoms with Crippen molar-refractivity contribution in [2.45, 2.75) is 33.1 Å². The molecule has 1 amide bonds. The first-order valence-electron chi connectivity index (χ1n) is 8.10. The first-order chi connectivity index (χ1) is 11.5. The predicted molar refractivity (Wildman–Crippen MR) is 96.0 cm³/mol. The number of fused-ring (bicyclic) bond motifs is 1. The summed E-state index contributed by atoms with van der Waals surface area (Å²) in [4.78, 5) is 26.0. The summed E-state index contributed by atoms with van der Waals surface area (Å²) in [5.41, 5.74) is 3.19. The monoisotopic (exact) mass is 343 g/mol. The van der Waals surface area contributed by atoms with Gasteiger partial charge >= 0.3 is 5.97 Å². The highest BCUT2D eigenvalue weighted by Gasteiger charge is 2.29. The zero-order valence-electron chi connectivity index (χ0n) is 14.1. The Hall–Kier alpha value is -2.14. The van der Waals surface area contributed by atoms with E-state index in [1.807, 2.05) is 25.1 Å². The number of hydrogen-bond acceptors (Lipinski definition) is 4. The standard InChI is InChI=1S/C19H21NO3S/c1-11-5-4-6-13(9-11)17(21)20-18-16(19(22)23-3)14-8-7-12(2)10-15(14)24-18/h4-6,9,12H,7-8,10H2,1-3H3,(H,20,21). The van der Waals surface area contributed by atoms with Crippen molar-refractivity contribution in [1.29, 1.82) is 0 Å². The van der Waals surface area contributed by atoms with E-state index < -0.39 is 0 Å². The number of esters is 1. The molecule has 0 bridgehead atoms. The molecule has 0 fully saturated rings. The molecule has 24 heavy (non-hydrogen) atoms. The Labute approximate surface area is 145 Å².